The molecule has 0 amide bonds. The van der Waals surface area contributed by atoms with Crippen LogP contribution in [0.15, 0.2) is 33.8 Å². The largest absolute Gasteiger partial charge is 0.494 e. The van der Waals surface area contributed by atoms with Crippen LogP contribution in [0.3, 0.4) is 0 Å². The summed E-state index contributed by atoms with van der Waals surface area (Å²) in [6.07, 6.45) is 1.59. The zero-order valence-corrected chi connectivity index (χ0v) is 10.6. The van der Waals surface area contributed by atoms with Crippen LogP contribution in [0.25, 0.3) is 10.9 Å². The molecule has 0 radical (unpaired) electrons. The van der Waals surface area contributed by atoms with E-state index in [0.717, 1.165) is 16.5 Å². The molecule has 5 heteroatoms. The maximum Gasteiger partial charge on any atom is 0.198 e. The van der Waals surface area contributed by atoms with Crippen LogP contribution in [0.4, 0.5) is 5.82 Å². The van der Waals surface area contributed by atoms with Crippen LogP contribution >= 0.6 is 0 Å². The zero-order chi connectivity index (χ0) is 13.4. The number of aromatic hydroxyl groups is 1. The van der Waals surface area contributed by atoms with Crippen LogP contribution in [-0.2, 0) is 0 Å². The first-order valence-electron chi connectivity index (χ1n) is 5.92. The Kier molecular flexibility index (Phi) is 2.59. The summed E-state index contributed by atoms with van der Waals surface area (Å²) in [7, 11) is 0. The highest BCUT2D eigenvalue weighted by Crippen LogP contribution is 2.27. The van der Waals surface area contributed by atoms with Crippen molar-refractivity contribution in [3.05, 3.63) is 41.2 Å². The molecule has 96 valence electrons. The van der Waals surface area contributed by atoms with E-state index in [0.29, 0.717) is 17.1 Å². The second kappa shape index (κ2) is 4.28. The Morgan fingerprint density at radius 3 is 2.89 bits per heavy atom. The van der Waals surface area contributed by atoms with E-state index in [1.165, 1.54) is 0 Å². The van der Waals surface area contributed by atoms with E-state index < -0.39 is 0 Å². The van der Waals surface area contributed by atoms with Gasteiger partial charge in [0.25, 0.3) is 0 Å². The molecule has 0 aliphatic heterocycles. The third kappa shape index (κ3) is 2.10. The predicted octanol–water partition coefficient (Wildman–Crippen LogP) is 3.23. The molecule has 0 bridgehead atoms. The number of hydrogen-bond acceptors (Lipinski definition) is 4. The fraction of sp³-hybridized carbons (Fsp3) is 0.143. The number of aromatic amines is 1. The number of benzene rings is 1. The molecular formula is C14H13N3O2. The van der Waals surface area contributed by atoms with Crippen LogP contribution in [0.5, 0.6) is 5.88 Å². The number of nitrogens with zero attached hydrogens (tertiary/aromatic N) is 2. The van der Waals surface area contributed by atoms with Gasteiger partial charge in [-0.3, -0.25) is 0 Å². The molecule has 0 spiro atoms. The SMILES string of the molecule is Cc1ccc2[nH]c(O)c(C=Nc3cc(C)on3)c2c1. The average Bonchev–Trinajstić information content (AvgIpc) is 2.90. The van der Waals surface area contributed by atoms with Gasteiger partial charge in [-0.15, -0.1) is 0 Å². The molecule has 0 unspecified atom stereocenters. The minimum absolute atomic E-state index is 0.101. The van der Waals surface area contributed by atoms with Crippen LogP contribution < -0.4 is 0 Å². The molecule has 1 aromatic carbocycles. The normalized spacial score (nSPS) is 11.7. The Balaban J connectivity index is 2.07. The van der Waals surface area contributed by atoms with Gasteiger partial charge < -0.3 is 14.6 Å². The number of aryl methyl sites for hydroxylation is 2. The number of aromatic nitrogens is 2. The number of aliphatic imine (C=N–C) groups is 1. The molecule has 3 rings (SSSR count). The number of fused-ring (bicyclic) bond motifs is 1. The van der Waals surface area contributed by atoms with Gasteiger partial charge in [0, 0.05) is 23.2 Å². The molecule has 0 aliphatic rings. The molecule has 3 aromatic rings. The van der Waals surface area contributed by atoms with Gasteiger partial charge in [0.2, 0.25) is 0 Å². The third-order valence-corrected chi connectivity index (χ3v) is 2.91. The van der Waals surface area contributed by atoms with E-state index in [4.69, 9.17) is 4.52 Å². The summed E-state index contributed by atoms with van der Waals surface area (Å²) in [6, 6.07) is 7.65. The smallest absolute Gasteiger partial charge is 0.198 e. The molecule has 2 N–H and O–H groups in total. The minimum Gasteiger partial charge on any atom is -0.494 e. The Labute approximate surface area is 109 Å². The van der Waals surface area contributed by atoms with Gasteiger partial charge in [0.05, 0.1) is 5.56 Å². The molecule has 0 saturated carbocycles. The number of rotatable bonds is 2. The van der Waals surface area contributed by atoms with Gasteiger partial charge in [-0.25, -0.2) is 4.99 Å². The van der Waals surface area contributed by atoms with Crippen LogP contribution in [-0.4, -0.2) is 21.5 Å². The van der Waals surface area contributed by atoms with Crippen molar-refractivity contribution in [2.45, 2.75) is 13.8 Å². The molecule has 0 saturated heterocycles. The Hall–Kier alpha value is -2.56. The van der Waals surface area contributed by atoms with Crippen molar-refractivity contribution in [1.82, 2.24) is 10.1 Å². The molecule has 19 heavy (non-hydrogen) atoms. The topological polar surface area (TPSA) is 74.4 Å². The van der Waals surface area contributed by atoms with Crippen molar-refractivity contribution in [3.8, 4) is 5.88 Å². The first-order chi connectivity index (χ1) is 9.13. The first-order valence-corrected chi connectivity index (χ1v) is 5.92. The van der Waals surface area contributed by atoms with Gasteiger partial charge >= 0.3 is 0 Å². The van der Waals surface area contributed by atoms with E-state index >= 15 is 0 Å². The maximum absolute atomic E-state index is 9.92. The summed E-state index contributed by atoms with van der Waals surface area (Å²) in [5, 5.41) is 14.6. The summed E-state index contributed by atoms with van der Waals surface area (Å²) in [6.45, 7) is 3.81. The summed E-state index contributed by atoms with van der Waals surface area (Å²) in [5.41, 5.74) is 2.65. The van der Waals surface area contributed by atoms with Crippen LogP contribution in [0.1, 0.15) is 16.9 Å². The summed E-state index contributed by atoms with van der Waals surface area (Å²) in [5.74, 6) is 1.29. The molecule has 2 aromatic heterocycles. The lowest BCUT2D eigenvalue weighted by molar-refractivity contribution is 0.399. The Morgan fingerprint density at radius 1 is 1.32 bits per heavy atom. The summed E-state index contributed by atoms with van der Waals surface area (Å²) < 4.78 is 4.94. The fourth-order valence-corrected chi connectivity index (χ4v) is 1.99. The minimum atomic E-state index is 0.101. The lowest BCUT2D eigenvalue weighted by Gasteiger charge is -1.94. The second-order valence-corrected chi connectivity index (χ2v) is 4.49. The number of H-pyrrole nitrogens is 1. The first kappa shape index (κ1) is 11.5. The van der Waals surface area contributed by atoms with Crippen molar-refractivity contribution in [1.29, 1.82) is 0 Å². The van der Waals surface area contributed by atoms with Crippen molar-refractivity contribution in [3.63, 3.8) is 0 Å². The average molecular weight is 255 g/mol. The second-order valence-electron chi connectivity index (χ2n) is 4.49. The highest BCUT2D eigenvalue weighted by Gasteiger charge is 2.09. The quantitative estimate of drug-likeness (QED) is 0.690. The standard InChI is InChI=1S/C14H13N3O2/c1-8-3-4-12-10(5-8)11(14(18)16-12)7-15-13-6-9(2)19-17-13/h3-7,16,18H,1-2H3. The third-order valence-electron chi connectivity index (χ3n) is 2.91. The lowest BCUT2D eigenvalue weighted by Crippen LogP contribution is -1.79. The Morgan fingerprint density at radius 2 is 2.16 bits per heavy atom. The van der Waals surface area contributed by atoms with Crippen LogP contribution in [0.2, 0.25) is 0 Å². The monoisotopic (exact) mass is 255 g/mol. The summed E-state index contributed by atoms with van der Waals surface area (Å²) in [4.78, 5) is 7.12. The Bertz CT molecular complexity index is 768. The maximum atomic E-state index is 9.92. The van der Waals surface area contributed by atoms with Crippen LogP contribution in [0, 0.1) is 13.8 Å². The molecule has 2 heterocycles. The number of hydrogen-bond donors (Lipinski definition) is 2. The molecule has 0 aliphatic carbocycles. The van der Waals surface area contributed by atoms with Crippen molar-refractivity contribution < 1.29 is 9.63 Å². The van der Waals surface area contributed by atoms with Crippen molar-refractivity contribution in [2.24, 2.45) is 4.99 Å². The van der Waals surface area contributed by atoms with Gasteiger partial charge in [0.15, 0.2) is 11.7 Å². The van der Waals surface area contributed by atoms with Gasteiger partial charge in [0.1, 0.15) is 5.76 Å². The van der Waals surface area contributed by atoms with E-state index in [-0.39, 0.29) is 5.88 Å². The molecule has 0 atom stereocenters. The van der Waals surface area contributed by atoms with E-state index in [9.17, 15) is 5.11 Å². The van der Waals surface area contributed by atoms with Crippen molar-refractivity contribution in [2.75, 3.05) is 0 Å². The predicted molar refractivity (Wildman–Crippen MR) is 73.2 cm³/mol. The van der Waals surface area contributed by atoms with E-state index in [2.05, 4.69) is 15.1 Å². The molecular weight excluding hydrogens is 242 g/mol. The van der Waals surface area contributed by atoms with Gasteiger partial charge in [-0.1, -0.05) is 16.8 Å². The lowest BCUT2D eigenvalue weighted by atomic mass is 10.1. The number of nitrogens with one attached hydrogen (secondary N) is 1. The zero-order valence-electron chi connectivity index (χ0n) is 10.6. The highest BCUT2D eigenvalue weighted by molar-refractivity contribution is 6.02. The summed E-state index contributed by atoms with van der Waals surface area (Å²) >= 11 is 0. The fourth-order valence-electron chi connectivity index (χ4n) is 1.99. The van der Waals surface area contributed by atoms with Gasteiger partial charge in [-0.2, -0.15) is 0 Å². The van der Waals surface area contributed by atoms with E-state index in [1.54, 1.807) is 19.2 Å². The molecule has 0 fully saturated rings. The molecule has 5 nitrogen and oxygen atoms in total. The highest BCUT2D eigenvalue weighted by atomic mass is 16.5. The van der Waals surface area contributed by atoms with Gasteiger partial charge in [-0.05, 0) is 26.0 Å². The van der Waals surface area contributed by atoms with E-state index in [1.807, 2.05) is 25.1 Å². The van der Waals surface area contributed by atoms with Crippen molar-refractivity contribution >= 4 is 22.9 Å².